The first-order chi connectivity index (χ1) is 15.2. The monoisotopic (exact) mass is 429 g/mol. The van der Waals surface area contributed by atoms with Gasteiger partial charge in [0.15, 0.2) is 0 Å². The molecule has 0 amide bonds. The molecule has 0 aliphatic carbocycles. The van der Waals surface area contributed by atoms with E-state index in [1.807, 2.05) is 13.1 Å². The summed E-state index contributed by atoms with van der Waals surface area (Å²) in [6, 6.07) is 13.2. The van der Waals surface area contributed by atoms with Crippen molar-refractivity contribution in [3.8, 4) is 28.6 Å². The molecule has 0 atom stereocenters. The summed E-state index contributed by atoms with van der Waals surface area (Å²) in [5, 5.41) is 0. The highest BCUT2D eigenvalue weighted by atomic mass is 15.2. The summed E-state index contributed by atoms with van der Waals surface area (Å²) in [6.45, 7) is 11.1. The number of aromatic nitrogens is 5. The highest BCUT2D eigenvalue weighted by Gasteiger charge is 2.32. The molecule has 3 aromatic heterocycles. The normalized spacial score (nSPS) is 11.7. The lowest BCUT2D eigenvalue weighted by molar-refractivity contribution is -0.685. The minimum absolute atomic E-state index is 0.432. The Labute approximate surface area is 191 Å². The highest BCUT2D eigenvalue weighted by Crippen LogP contribution is 2.33. The van der Waals surface area contributed by atoms with Gasteiger partial charge in [0.2, 0.25) is 5.69 Å². The van der Waals surface area contributed by atoms with Crippen LogP contribution in [0.15, 0.2) is 55.0 Å². The Morgan fingerprint density at radius 3 is 2.03 bits per heavy atom. The predicted octanol–water partition coefficient (Wildman–Crippen LogP) is 4.75. The molecule has 4 rings (SSSR count). The fourth-order valence-electron chi connectivity index (χ4n) is 4.56. The maximum atomic E-state index is 4.51. The van der Waals surface area contributed by atoms with Gasteiger partial charge in [-0.1, -0.05) is 45.9 Å². The summed E-state index contributed by atoms with van der Waals surface area (Å²) in [5.41, 5.74) is 7.44. The van der Waals surface area contributed by atoms with Crippen molar-refractivity contribution in [3.05, 3.63) is 71.9 Å². The number of aryl methyl sites for hydroxylation is 2. The summed E-state index contributed by atoms with van der Waals surface area (Å²) in [4.78, 5) is 4.51. The van der Waals surface area contributed by atoms with Gasteiger partial charge in [-0.15, -0.1) is 0 Å². The van der Waals surface area contributed by atoms with Crippen LogP contribution in [0.1, 0.15) is 56.5 Å². The lowest BCUT2D eigenvalue weighted by Gasteiger charge is -2.17. The summed E-state index contributed by atoms with van der Waals surface area (Å²) >= 11 is 0. The Balaban J connectivity index is 2.00. The minimum Gasteiger partial charge on any atom is -0.326 e. The molecule has 0 saturated heterocycles. The van der Waals surface area contributed by atoms with E-state index in [-0.39, 0.29) is 0 Å². The second-order valence-electron chi connectivity index (χ2n) is 9.30. The smallest absolute Gasteiger partial charge is 0.326 e. The van der Waals surface area contributed by atoms with Gasteiger partial charge >= 0.3 is 5.82 Å². The molecule has 0 bridgehead atoms. The number of rotatable bonds is 5. The van der Waals surface area contributed by atoms with Crippen LogP contribution in [-0.2, 0) is 21.1 Å². The molecule has 0 saturated carbocycles. The summed E-state index contributed by atoms with van der Waals surface area (Å²) < 4.78 is 9.01. The van der Waals surface area contributed by atoms with Crippen LogP contribution in [0.5, 0.6) is 0 Å². The quantitative estimate of drug-likeness (QED) is 0.421. The third kappa shape index (κ3) is 3.56. The van der Waals surface area contributed by atoms with E-state index in [2.05, 4.69) is 121 Å². The largest absolute Gasteiger partial charge is 0.359 e. The van der Waals surface area contributed by atoms with Gasteiger partial charge in [0.1, 0.15) is 36.6 Å². The molecule has 5 heteroatoms. The average molecular weight is 430 g/mol. The summed E-state index contributed by atoms with van der Waals surface area (Å²) in [5.74, 6) is 3.03. The minimum atomic E-state index is 0.432. The molecular weight excluding hydrogens is 394 g/mol. The predicted molar refractivity (Wildman–Crippen MR) is 129 cm³/mol. The van der Waals surface area contributed by atoms with Crippen molar-refractivity contribution in [1.82, 2.24) is 14.1 Å². The SMILES string of the molecule is Cc1ncc(-c2cccc(-c3n(-c4c(C(C)C)cccc4C(C)C)cc[n+]3C)[n+]2C)n1C. The Kier molecular flexibility index (Phi) is 5.76. The number of hydrogen-bond acceptors (Lipinski definition) is 1. The molecule has 0 aliphatic heterocycles. The van der Waals surface area contributed by atoms with Crippen LogP contribution in [-0.4, -0.2) is 14.1 Å². The first-order valence-corrected chi connectivity index (χ1v) is 11.4. The van der Waals surface area contributed by atoms with Gasteiger partial charge in [-0.05, 0) is 24.8 Å². The molecule has 0 radical (unpaired) electrons. The molecule has 5 nitrogen and oxygen atoms in total. The van der Waals surface area contributed by atoms with E-state index in [1.54, 1.807) is 0 Å². The van der Waals surface area contributed by atoms with Crippen LogP contribution in [0.25, 0.3) is 28.6 Å². The molecule has 166 valence electrons. The summed E-state index contributed by atoms with van der Waals surface area (Å²) in [6.07, 6.45) is 6.30. The van der Waals surface area contributed by atoms with Gasteiger partial charge in [0.25, 0.3) is 5.69 Å². The topological polar surface area (TPSA) is 30.5 Å². The first kappa shape index (κ1) is 22.0. The first-order valence-electron chi connectivity index (χ1n) is 11.4. The number of nitrogens with zero attached hydrogens (tertiary/aromatic N) is 5. The zero-order chi connectivity index (χ0) is 23.2. The summed E-state index contributed by atoms with van der Waals surface area (Å²) in [7, 11) is 6.34. The fraction of sp³-hybridized carbons (Fsp3) is 0.370. The van der Waals surface area contributed by atoms with Gasteiger partial charge in [-0.25, -0.2) is 9.55 Å². The van der Waals surface area contributed by atoms with E-state index in [4.69, 9.17) is 0 Å². The zero-order valence-electron chi connectivity index (χ0n) is 20.6. The lowest BCUT2D eigenvalue weighted by Crippen LogP contribution is -2.40. The molecule has 3 heterocycles. The average Bonchev–Trinajstić information content (AvgIpc) is 3.30. The van der Waals surface area contributed by atoms with Gasteiger partial charge in [-0.3, -0.25) is 0 Å². The van der Waals surface area contributed by atoms with Crippen molar-refractivity contribution in [2.75, 3.05) is 0 Å². The molecule has 4 aromatic rings. The Bertz CT molecular complexity index is 1250. The van der Waals surface area contributed by atoms with Crippen LogP contribution in [0.3, 0.4) is 0 Å². The van der Waals surface area contributed by atoms with E-state index in [9.17, 15) is 0 Å². The number of imidazole rings is 2. The second kappa shape index (κ2) is 8.38. The van der Waals surface area contributed by atoms with E-state index >= 15 is 0 Å². The van der Waals surface area contributed by atoms with Gasteiger partial charge < -0.3 is 4.57 Å². The molecule has 0 unspecified atom stereocenters. The van der Waals surface area contributed by atoms with Crippen LogP contribution >= 0.6 is 0 Å². The Hall–Kier alpha value is -3.21. The van der Waals surface area contributed by atoms with Gasteiger partial charge in [0, 0.05) is 30.3 Å². The van der Waals surface area contributed by atoms with E-state index in [1.165, 1.54) is 16.8 Å². The van der Waals surface area contributed by atoms with Crippen molar-refractivity contribution in [2.24, 2.45) is 21.1 Å². The van der Waals surface area contributed by atoms with Crippen molar-refractivity contribution in [2.45, 2.75) is 46.5 Å². The lowest BCUT2D eigenvalue weighted by atomic mass is 9.92. The number of para-hydroxylation sites is 1. The molecule has 32 heavy (non-hydrogen) atoms. The fourth-order valence-corrected chi connectivity index (χ4v) is 4.56. The van der Waals surface area contributed by atoms with Crippen LogP contribution < -0.4 is 9.13 Å². The van der Waals surface area contributed by atoms with E-state index < -0.39 is 0 Å². The van der Waals surface area contributed by atoms with E-state index in [0.29, 0.717) is 11.8 Å². The van der Waals surface area contributed by atoms with Crippen molar-refractivity contribution in [3.63, 3.8) is 0 Å². The van der Waals surface area contributed by atoms with Crippen molar-refractivity contribution < 1.29 is 9.13 Å². The molecule has 1 aromatic carbocycles. The molecule has 0 N–H and O–H groups in total. The molecule has 0 spiro atoms. The third-order valence-corrected chi connectivity index (χ3v) is 6.53. The zero-order valence-corrected chi connectivity index (χ0v) is 20.6. The second-order valence-corrected chi connectivity index (χ2v) is 9.30. The van der Waals surface area contributed by atoms with Crippen LogP contribution in [0, 0.1) is 6.92 Å². The maximum absolute atomic E-state index is 4.51. The number of pyridine rings is 1. The molecular formula is C27H35N5+2. The number of benzene rings is 1. The van der Waals surface area contributed by atoms with Crippen molar-refractivity contribution >= 4 is 0 Å². The highest BCUT2D eigenvalue weighted by molar-refractivity contribution is 5.58. The van der Waals surface area contributed by atoms with Crippen LogP contribution in [0.2, 0.25) is 0 Å². The van der Waals surface area contributed by atoms with Crippen molar-refractivity contribution in [1.29, 1.82) is 0 Å². The molecule has 0 fully saturated rings. The Morgan fingerprint density at radius 1 is 0.875 bits per heavy atom. The van der Waals surface area contributed by atoms with Gasteiger partial charge in [0.05, 0.1) is 13.2 Å². The van der Waals surface area contributed by atoms with Crippen LogP contribution in [0.4, 0.5) is 0 Å². The maximum Gasteiger partial charge on any atom is 0.359 e. The third-order valence-electron chi connectivity index (χ3n) is 6.53. The number of hydrogen-bond donors (Lipinski definition) is 0. The Morgan fingerprint density at radius 2 is 1.47 bits per heavy atom. The van der Waals surface area contributed by atoms with E-state index in [0.717, 1.165) is 28.7 Å². The standard InChI is InChI=1S/C27H35N5/c1-18(2)21-11-9-12-22(19(3)4)26(21)32-16-15-29(6)27(32)24-14-10-13-23(31(24)8)25-17-28-20(5)30(25)7/h9-19H,1-8H3/q+2. The molecule has 0 aliphatic rings. The van der Waals surface area contributed by atoms with Gasteiger partial charge in [-0.2, -0.15) is 9.13 Å².